The molecule has 0 spiro atoms. The van der Waals surface area contributed by atoms with E-state index in [9.17, 15) is 9.59 Å². The number of anilines is 1. The molecule has 2 heterocycles. The van der Waals surface area contributed by atoms with E-state index >= 15 is 0 Å². The standard InChI is InChI=1S/C14H11NOS.C12H8ClN3OS.C2H6/c1-9-6-7-13-11(8-9)15-14(16)10-4-2-3-5-12(10)17-13;13-11-3-8(4-14)1-2-10(11)12-16-6-9(18-12)5-15-7-17;1-2/h2-8H,1H3,(H,15,16);1-3,6-7H,5H2,(H,15,17);1-2H3. The van der Waals surface area contributed by atoms with E-state index in [0.717, 1.165) is 42.1 Å². The van der Waals surface area contributed by atoms with Gasteiger partial charge in [0.05, 0.1) is 34.5 Å². The van der Waals surface area contributed by atoms with Crippen molar-refractivity contribution in [2.45, 2.75) is 37.1 Å². The van der Waals surface area contributed by atoms with Gasteiger partial charge in [-0.25, -0.2) is 4.98 Å². The Morgan fingerprint density at radius 1 is 1.08 bits per heavy atom. The van der Waals surface area contributed by atoms with E-state index in [1.807, 2.05) is 57.2 Å². The van der Waals surface area contributed by atoms with Crippen molar-refractivity contribution in [2.75, 3.05) is 5.32 Å². The van der Waals surface area contributed by atoms with Gasteiger partial charge in [0.1, 0.15) is 5.01 Å². The summed E-state index contributed by atoms with van der Waals surface area (Å²) in [6, 6.07) is 20.9. The van der Waals surface area contributed by atoms with Crippen molar-refractivity contribution in [2.24, 2.45) is 0 Å². The summed E-state index contributed by atoms with van der Waals surface area (Å²) in [5.74, 6) is -0.0301. The van der Waals surface area contributed by atoms with Crippen LogP contribution in [0.3, 0.4) is 0 Å². The molecule has 0 saturated heterocycles. The first-order valence-corrected chi connectivity index (χ1v) is 13.5. The summed E-state index contributed by atoms with van der Waals surface area (Å²) in [4.78, 5) is 29.5. The number of aromatic nitrogens is 1. The minimum Gasteiger partial charge on any atom is -0.354 e. The van der Waals surface area contributed by atoms with Crippen molar-refractivity contribution in [3.8, 4) is 16.6 Å². The third kappa shape index (κ3) is 7.20. The molecule has 2 N–H and O–H groups in total. The van der Waals surface area contributed by atoms with E-state index in [-0.39, 0.29) is 5.91 Å². The molecule has 1 aromatic heterocycles. The molecule has 1 aliphatic heterocycles. The highest BCUT2D eigenvalue weighted by Gasteiger charge is 2.19. The summed E-state index contributed by atoms with van der Waals surface area (Å²) in [5, 5.41) is 15.6. The van der Waals surface area contributed by atoms with Crippen LogP contribution in [0.15, 0.2) is 76.7 Å². The summed E-state index contributed by atoms with van der Waals surface area (Å²) in [7, 11) is 0. The Balaban J connectivity index is 0.000000193. The maximum absolute atomic E-state index is 12.1. The second-order valence-electron chi connectivity index (χ2n) is 7.49. The zero-order chi connectivity index (χ0) is 26.8. The molecular weight excluding hydrogens is 524 g/mol. The van der Waals surface area contributed by atoms with Gasteiger partial charge in [-0.05, 0) is 55.0 Å². The molecule has 0 fully saturated rings. The van der Waals surface area contributed by atoms with Crippen molar-refractivity contribution >= 4 is 52.7 Å². The number of benzene rings is 3. The van der Waals surface area contributed by atoms with Crippen LogP contribution in [-0.2, 0) is 11.3 Å². The van der Waals surface area contributed by atoms with Crippen LogP contribution < -0.4 is 10.6 Å². The van der Waals surface area contributed by atoms with Crippen molar-refractivity contribution < 1.29 is 9.59 Å². The van der Waals surface area contributed by atoms with Gasteiger partial charge in [-0.1, -0.05) is 55.4 Å². The fraction of sp³-hybridized carbons (Fsp3) is 0.143. The van der Waals surface area contributed by atoms with Crippen LogP contribution in [0.2, 0.25) is 5.02 Å². The summed E-state index contributed by atoms with van der Waals surface area (Å²) >= 11 is 9.19. The number of nitrogens with zero attached hydrogens (tertiary/aromatic N) is 2. The lowest BCUT2D eigenvalue weighted by Gasteiger charge is -2.06. The molecule has 5 rings (SSSR count). The third-order valence-electron chi connectivity index (χ3n) is 4.98. The highest BCUT2D eigenvalue weighted by atomic mass is 35.5. The number of nitrogens with one attached hydrogen (secondary N) is 2. The SMILES string of the molecule is CC.Cc1ccc2c(c1)NC(=O)c1ccccc1S2.N#Cc1ccc(-c2ncc(CNC=O)s2)c(Cl)c1. The third-order valence-corrected chi connectivity index (χ3v) is 7.47. The Hall–Kier alpha value is -3.64. The molecule has 2 amide bonds. The quantitative estimate of drug-likeness (QED) is 0.260. The molecule has 0 radical (unpaired) electrons. The summed E-state index contributed by atoms with van der Waals surface area (Å²) in [6.45, 7) is 6.48. The van der Waals surface area contributed by atoms with Gasteiger partial charge in [0.25, 0.3) is 5.91 Å². The minimum absolute atomic E-state index is 0.0301. The van der Waals surface area contributed by atoms with Gasteiger partial charge in [0.15, 0.2) is 0 Å². The lowest BCUT2D eigenvalue weighted by molar-refractivity contribution is -0.109. The molecule has 0 unspecified atom stereocenters. The lowest BCUT2D eigenvalue weighted by atomic mass is 10.1. The number of aryl methyl sites for hydroxylation is 1. The number of halogens is 1. The largest absolute Gasteiger partial charge is 0.354 e. The normalized spacial score (nSPS) is 11.1. The molecule has 0 atom stereocenters. The number of amides is 2. The molecule has 9 heteroatoms. The highest BCUT2D eigenvalue weighted by molar-refractivity contribution is 7.99. The van der Waals surface area contributed by atoms with Crippen LogP contribution >= 0.6 is 34.7 Å². The monoisotopic (exact) mass is 548 g/mol. The Morgan fingerprint density at radius 3 is 2.59 bits per heavy atom. The Kier molecular flexibility index (Phi) is 10.3. The van der Waals surface area contributed by atoms with Crippen molar-refractivity contribution in [1.29, 1.82) is 5.26 Å². The van der Waals surface area contributed by atoms with Crippen LogP contribution in [0, 0.1) is 18.3 Å². The van der Waals surface area contributed by atoms with Crippen LogP contribution in [0.4, 0.5) is 5.69 Å². The molecule has 4 aromatic rings. The predicted octanol–water partition coefficient (Wildman–Crippen LogP) is 7.32. The first kappa shape index (κ1) is 27.9. The van der Waals surface area contributed by atoms with Crippen LogP contribution in [-0.4, -0.2) is 17.3 Å². The highest BCUT2D eigenvalue weighted by Crippen LogP contribution is 2.38. The molecule has 3 aromatic carbocycles. The molecule has 0 bridgehead atoms. The predicted molar refractivity (Wildman–Crippen MR) is 151 cm³/mol. The summed E-state index contributed by atoms with van der Waals surface area (Å²) in [5.41, 5.74) is 4.10. The van der Waals surface area contributed by atoms with E-state index in [4.69, 9.17) is 16.9 Å². The van der Waals surface area contributed by atoms with E-state index < -0.39 is 0 Å². The van der Waals surface area contributed by atoms with Crippen molar-refractivity contribution in [3.63, 3.8) is 0 Å². The summed E-state index contributed by atoms with van der Waals surface area (Å²) < 4.78 is 0. The van der Waals surface area contributed by atoms with Gasteiger partial charge in [-0.15, -0.1) is 11.3 Å². The second kappa shape index (κ2) is 13.6. The smallest absolute Gasteiger partial charge is 0.256 e. The Bertz CT molecular complexity index is 1450. The number of hydrogen-bond acceptors (Lipinski definition) is 6. The fourth-order valence-corrected chi connectivity index (χ4v) is 5.53. The van der Waals surface area contributed by atoms with Gasteiger partial charge in [-0.2, -0.15) is 5.26 Å². The number of thiazole rings is 1. The molecule has 37 heavy (non-hydrogen) atoms. The molecule has 6 nitrogen and oxygen atoms in total. The first-order valence-electron chi connectivity index (χ1n) is 11.5. The van der Waals surface area contributed by atoms with E-state index in [1.165, 1.54) is 11.3 Å². The Morgan fingerprint density at radius 2 is 1.86 bits per heavy atom. The number of rotatable bonds is 4. The van der Waals surface area contributed by atoms with E-state index in [1.54, 1.807) is 36.2 Å². The molecule has 188 valence electrons. The van der Waals surface area contributed by atoms with Crippen molar-refractivity contribution in [3.05, 3.63) is 93.5 Å². The van der Waals surface area contributed by atoms with Gasteiger partial charge in [-0.3, -0.25) is 9.59 Å². The number of nitriles is 1. The minimum atomic E-state index is -0.0301. The zero-order valence-electron chi connectivity index (χ0n) is 20.5. The van der Waals surface area contributed by atoms with Gasteiger partial charge in [0.2, 0.25) is 6.41 Å². The van der Waals surface area contributed by atoms with Crippen LogP contribution in [0.25, 0.3) is 10.6 Å². The zero-order valence-corrected chi connectivity index (χ0v) is 22.9. The number of fused-ring (bicyclic) bond motifs is 2. The van der Waals surface area contributed by atoms with Gasteiger partial charge in [0, 0.05) is 26.4 Å². The molecular formula is C28H25ClN4O2S2. The summed E-state index contributed by atoms with van der Waals surface area (Å²) in [6.07, 6.45) is 2.35. The number of carbonyl (C=O) groups excluding carboxylic acids is 2. The second-order valence-corrected chi connectivity index (χ2v) is 10.1. The fourth-order valence-electron chi connectivity index (χ4n) is 3.30. The average Bonchev–Trinajstić information content (AvgIpc) is 3.33. The number of hydrogen-bond donors (Lipinski definition) is 2. The topological polar surface area (TPSA) is 94.9 Å². The molecule has 1 aliphatic rings. The average molecular weight is 549 g/mol. The maximum Gasteiger partial charge on any atom is 0.256 e. The molecule has 0 aliphatic carbocycles. The maximum atomic E-state index is 12.1. The lowest BCUT2D eigenvalue weighted by Crippen LogP contribution is -2.11. The van der Waals surface area contributed by atoms with Gasteiger partial charge >= 0.3 is 0 Å². The van der Waals surface area contributed by atoms with Crippen LogP contribution in [0.5, 0.6) is 0 Å². The molecule has 0 saturated carbocycles. The number of carbonyl (C=O) groups is 2. The first-order chi connectivity index (χ1) is 18.0. The Labute approximate surface area is 229 Å². The van der Waals surface area contributed by atoms with Gasteiger partial charge < -0.3 is 10.6 Å². The van der Waals surface area contributed by atoms with E-state index in [2.05, 4.69) is 27.8 Å². The van der Waals surface area contributed by atoms with E-state index in [0.29, 0.717) is 23.5 Å². The van der Waals surface area contributed by atoms with Crippen LogP contribution in [0.1, 0.15) is 40.2 Å². The van der Waals surface area contributed by atoms with Crippen molar-refractivity contribution in [1.82, 2.24) is 10.3 Å².